The number of aryl methyl sites for hydroxylation is 1. The van der Waals surface area contributed by atoms with Crippen LogP contribution in [0.2, 0.25) is 0 Å². The molecule has 0 unspecified atom stereocenters. The number of aliphatic hydroxyl groups is 1. The maximum Gasteiger partial charge on any atom is 0.296 e. The SMILES string of the molecule is COc1cccc(F)c1-c1cc(C)ncc1C(=O)Nc1nnc(OCc2ccc([C@H](C)O)cn2)s1. The van der Waals surface area contributed by atoms with Crippen LogP contribution < -0.4 is 14.8 Å². The van der Waals surface area contributed by atoms with E-state index in [1.807, 2.05) is 0 Å². The summed E-state index contributed by atoms with van der Waals surface area (Å²) in [5.74, 6) is -0.757. The molecule has 1 amide bonds. The van der Waals surface area contributed by atoms with E-state index < -0.39 is 17.8 Å². The minimum Gasteiger partial charge on any atom is -0.496 e. The largest absolute Gasteiger partial charge is 0.496 e. The van der Waals surface area contributed by atoms with Gasteiger partial charge >= 0.3 is 0 Å². The maximum atomic E-state index is 14.7. The molecule has 4 rings (SSSR count). The van der Waals surface area contributed by atoms with Crippen molar-refractivity contribution in [3.05, 3.63) is 77.1 Å². The summed E-state index contributed by atoms with van der Waals surface area (Å²) >= 11 is 1.04. The van der Waals surface area contributed by atoms with Crippen LogP contribution in [0.15, 0.2) is 48.8 Å². The lowest BCUT2D eigenvalue weighted by atomic mass is 9.98. The zero-order valence-electron chi connectivity index (χ0n) is 19.2. The number of benzene rings is 1. The van der Waals surface area contributed by atoms with E-state index >= 15 is 0 Å². The van der Waals surface area contributed by atoms with Crippen molar-refractivity contribution < 1.29 is 23.8 Å². The highest BCUT2D eigenvalue weighted by Gasteiger charge is 2.21. The van der Waals surface area contributed by atoms with Gasteiger partial charge in [0.25, 0.3) is 11.1 Å². The molecule has 3 aromatic heterocycles. The van der Waals surface area contributed by atoms with Gasteiger partial charge < -0.3 is 14.6 Å². The number of aromatic nitrogens is 4. The summed E-state index contributed by atoms with van der Waals surface area (Å²) in [6.45, 7) is 3.55. The molecule has 0 aliphatic carbocycles. The fourth-order valence-electron chi connectivity index (χ4n) is 3.27. The molecule has 9 nitrogen and oxygen atoms in total. The third-order valence-corrected chi connectivity index (χ3v) is 5.80. The number of hydrogen-bond donors (Lipinski definition) is 2. The van der Waals surface area contributed by atoms with Crippen molar-refractivity contribution in [3.8, 4) is 22.1 Å². The second-order valence-electron chi connectivity index (χ2n) is 7.56. The van der Waals surface area contributed by atoms with Crippen LogP contribution in [0.25, 0.3) is 11.1 Å². The fraction of sp³-hybridized carbons (Fsp3) is 0.208. The molecule has 0 aliphatic heterocycles. The van der Waals surface area contributed by atoms with Crippen molar-refractivity contribution in [2.45, 2.75) is 26.6 Å². The molecule has 0 fully saturated rings. The Balaban J connectivity index is 1.50. The second-order valence-corrected chi connectivity index (χ2v) is 8.50. The molecular weight excluding hydrogens is 473 g/mol. The van der Waals surface area contributed by atoms with Crippen molar-refractivity contribution in [2.24, 2.45) is 0 Å². The van der Waals surface area contributed by atoms with Gasteiger partial charge in [0.1, 0.15) is 18.2 Å². The first kappa shape index (κ1) is 24.2. The number of rotatable bonds is 8. The zero-order chi connectivity index (χ0) is 24.9. The summed E-state index contributed by atoms with van der Waals surface area (Å²) in [6, 6.07) is 9.59. The van der Waals surface area contributed by atoms with Crippen molar-refractivity contribution in [2.75, 3.05) is 12.4 Å². The first-order valence-electron chi connectivity index (χ1n) is 10.6. The zero-order valence-corrected chi connectivity index (χ0v) is 20.0. The molecular formula is C24H22FN5O4S. The van der Waals surface area contributed by atoms with Crippen LogP contribution in [0.1, 0.15) is 40.3 Å². The third kappa shape index (κ3) is 5.58. The minimum absolute atomic E-state index is 0.141. The van der Waals surface area contributed by atoms with Gasteiger partial charge in [0, 0.05) is 23.7 Å². The van der Waals surface area contributed by atoms with Gasteiger partial charge in [0.05, 0.1) is 30.0 Å². The summed E-state index contributed by atoms with van der Waals surface area (Å²) in [7, 11) is 1.44. The van der Waals surface area contributed by atoms with E-state index in [0.29, 0.717) is 28.3 Å². The number of nitrogens with zero attached hydrogens (tertiary/aromatic N) is 4. The molecule has 0 bridgehead atoms. The average molecular weight is 496 g/mol. The topological polar surface area (TPSA) is 119 Å². The predicted octanol–water partition coefficient (Wildman–Crippen LogP) is 4.34. The molecule has 0 saturated carbocycles. The Morgan fingerprint density at radius 3 is 2.74 bits per heavy atom. The van der Waals surface area contributed by atoms with Crippen LogP contribution in [-0.2, 0) is 6.61 Å². The number of carbonyl (C=O) groups excluding carboxylic acids is 1. The van der Waals surface area contributed by atoms with E-state index in [4.69, 9.17) is 9.47 Å². The normalized spacial score (nSPS) is 11.7. The lowest BCUT2D eigenvalue weighted by molar-refractivity contribution is 0.102. The first-order valence-corrected chi connectivity index (χ1v) is 11.4. The standard InChI is InChI=1S/C24H22FN5O4S/c1-13-9-17(21-19(25)5-4-6-20(21)33-3)18(11-26-13)22(32)28-23-29-30-24(35-23)34-12-16-8-7-15(10-27-16)14(2)31/h4-11,14,31H,12H2,1-3H3,(H,28,29,32)/t14-/m0/s1. The lowest BCUT2D eigenvalue weighted by Crippen LogP contribution is -2.14. The molecule has 2 N–H and O–H groups in total. The van der Waals surface area contributed by atoms with Gasteiger partial charge in [0.15, 0.2) is 0 Å². The summed E-state index contributed by atoms with van der Waals surface area (Å²) in [4.78, 5) is 21.5. The number of hydrogen-bond acceptors (Lipinski definition) is 9. The molecule has 1 atom stereocenters. The van der Waals surface area contributed by atoms with Gasteiger partial charge in [0.2, 0.25) is 5.13 Å². The number of anilines is 1. The van der Waals surface area contributed by atoms with Gasteiger partial charge in [-0.05, 0) is 55.0 Å². The second kappa shape index (κ2) is 10.5. The van der Waals surface area contributed by atoms with Crippen LogP contribution in [0, 0.1) is 12.7 Å². The van der Waals surface area contributed by atoms with E-state index in [1.54, 1.807) is 44.3 Å². The molecule has 3 heterocycles. The van der Waals surface area contributed by atoms with E-state index in [-0.39, 0.29) is 28.1 Å². The molecule has 0 spiro atoms. The fourth-order valence-corrected chi connectivity index (χ4v) is 3.86. The van der Waals surface area contributed by atoms with Crippen LogP contribution in [-0.4, -0.2) is 38.3 Å². The Morgan fingerprint density at radius 1 is 1.20 bits per heavy atom. The lowest BCUT2D eigenvalue weighted by Gasteiger charge is -2.14. The minimum atomic E-state index is -0.601. The quantitative estimate of drug-likeness (QED) is 0.371. The van der Waals surface area contributed by atoms with E-state index in [1.165, 1.54) is 25.4 Å². The number of halogens is 1. The smallest absolute Gasteiger partial charge is 0.296 e. The Morgan fingerprint density at radius 2 is 2.03 bits per heavy atom. The van der Waals surface area contributed by atoms with Crippen molar-refractivity contribution in [1.29, 1.82) is 0 Å². The molecule has 0 radical (unpaired) electrons. The number of nitrogens with one attached hydrogen (secondary N) is 1. The Bertz CT molecular complexity index is 1340. The van der Waals surface area contributed by atoms with E-state index in [9.17, 15) is 14.3 Å². The molecule has 180 valence electrons. The summed E-state index contributed by atoms with van der Waals surface area (Å²) < 4.78 is 25.6. The highest BCUT2D eigenvalue weighted by atomic mass is 32.1. The van der Waals surface area contributed by atoms with Gasteiger partial charge in [-0.1, -0.05) is 17.2 Å². The monoisotopic (exact) mass is 495 g/mol. The van der Waals surface area contributed by atoms with Crippen LogP contribution >= 0.6 is 11.3 Å². The molecule has 1 aromatic carbocycles. The van der Waals surface area contributed by atoms with Crippen molar-refractivity contribution in [3.63, 3.8) is 0 Å². The number of aliphatic hydroxyl groups excluding tert-OH is 1. The van der Waals surface area contributed by atoms with Crippen LogP contribution in [0.3, 0.4) is 0 Å². The maximum absolute atomic E-state index is 14.7. The summed E-state index contributed by atoms with van der Waals surface area (Å²) in [5.41, 5.74) is 2.62. The Kier molecular flexibility index (Phi) is 7.28. The number of amides is 1. The van der Waals surface area contributed by atoms with E-state index in [0.717, 1.165) is 11.3 Å². The van der Waals surface area contributed by atoms with Crippen LogP contribution in [0.4, 0.5) is 9.52 Å². The molecule has 11 heteroatoms. The first-order chi connectivity index (χ1) is 16.9. The van der Waals surface area contributed by atoms with Gasteiger partial charge in [-0.15, -0.1) is 5.10 Å². The predicted molar refractivity (Wildman–Crippen MR) is 128 cm³/mol. The Hall–Kier alpha value is -3.96. The Labute approximate surface area is 204 Å². The molecule has 0 saturated heterocycles. The van der Waals surface area contributed by atoms with Gasteiger partial charge in [-0.3, -0.25) is 20.1 Å². The van der Waals surface area contributed by atoms with E-state index in [2.05, 4.69) is 25.5 Å². The van der Waals surface area contributed by atoms with Gasteiger partial charge in [-0.2, -0.15) is 0 Å². The summed E-state index contributed by atoms with van der Waals surface area (Å²) in [6.07, 6.45) is 2.36. The van der Waals surface area contributed by atoms with Gasteiger partial charge in [-0.25, -0.2) is 4.39 Å². The highest BCUT2D eigenvalue weighted by Crippen LogP contribution is 2.35. The number of ether oxygens (including phenoxy) is 2. The third-order valence-electron chi connectivity index (χ3n) is 5.05. The number of pyridine rings is 2. The average Bonchev–Trinajstić information content (AvgIpc) is 3.29. The molecule has 4 aromatic rings. The van der Waals surface area contributed by atoms with Crippen LogP contribution in [0.5, 0.6) is 10.9 Å². The molecule has 35 heavy (non-hydrogen) atoms. The molecule has 0 aliphatic rings. The summed E-state index contributed by atoms with van der Waals surface area (Å²) in [5, 5.41) is 20.5. The van der Waals surface area contributed by atoms with Crippen molar-refractivity contribution >= 4 is 22.4 Å². The van der Waals surface area contributed by atoms with Crippen molar-refractivity contribution in [1.82, 2.24) is 20.2 Å². The highest BCUT2D eigenvalue weighted by molar-refractivity contribution is 7.17. The number of carbonyl (C=O) groups is 1. The number of methoxy groups -OCH3 is 1.